The summed E-state index contributed by atoms with van der Waals surface area (Å²) in [4.78, 5) is 37.5. The van der Waals surface area contributed by atoms with Gasteiger partial charge in [-0.15, -0.1) is 0 Å². The first-order valence-electron chi connectivity index (χ1n) is 10.9. The van der Waals surface area contributed by atoms with Crippen molar-refractivity contribution >= 4 is 34.2 Å². The smallest absolute Gasteiger partial charge is 0.246 e. The van der Waals surface area contributed by atoms with Crippen LogP contribution in [0.1, 0.15) is 52.9 Å². The fourth-order valence-electron chi connectivity index (χ4n) is 3.53. The predicted octanol–water partition coefficient (Wildman–Crippen LogP) is 4.01. The van der Waals surface area contributed by atoms with Crippen LogP contribution in [0, 0.1) is 11.8 Å². The fourth-order valence-corrected chi connectivity index (χ4v) is 3.53. The van der Waals surface area contributed by atoms with E-state index in [1.54, 1.807) is 5.48 Å². The van der Waals surface area contributed by atoms with Crippen molar-refractivity contribution in [3.8, 4) is 0 Å². The van der Waals surface area contributed by atoms with Crippen molar-refractivity contribution in [2.45, 2.75) is 58.9 Å². The van der Waals surface area contributed by atoms with Crippen LogP contribution in [0.5, 0.6) is 0 Å². The first-order chi connectivity index (χ1) is 14.8. The topological polar surface area (TPSA) is 108 Å². The van der Waals surface area contributed by atoms with Gasteiger partial charge in [0, 0.05) is 18.0 Å². The highest BCUT2D eigenvalue weighted by atomic mass is 16.5. The summed E-state index contributed by atoms with van der Waals surface area (Å²) in [5.41, 5.74) is 2.25. The number of unbranched alkanes of at least 4 members (excludes halogenated alkanes) is 1. The highest BCUT2D eigenvalue weighted by molar-refractivity contribution is 5.99. The molecule has 168 valence electrons. The third-order valence-electron chi connectivity index (χ3n) is 5.19. The Labute approximate surface area is 183 Å². The van der Waals surface area contributed by atoms with Crippen LogP contribution >= 0.6 is 0 Å². The van der Waals surface area contributed by atoms with Gasteiger partial charge < -0.3 is 10.6 Å². The van der Waals surface area contributed by atoms with E-state index in [1.807, 2.05) is 63.2 Å². The highest BCUT2D eigenvalue weighted by Gasteiger charge is 2.27. The van der Waals surface area contributed by atoms with Crippen LogP contribution in [0.2, 0.25) is 0 Å². The molecule has 2 unspecified atom stereocenters. The molecule has 0 aromatic heterocycles. The van der Waals surface area contributed by atoms with Crippen LogP contribution in [-0.4, -0.2) is 29.0 Å². The Balaban J connectivity index is 2.13. The van der Waals surface area contributed by atoms with E-state index < -0.39 is 17.9 Å². The number of anilines is 1. The number of rotatable bonds is 11. The maximum absolute atomic E-state index is 13.0. The van der Waals surface area contributed by atoms with Gasteiger partial charge in [0.25, 0.3) is 0 Å². The van der Waals surface area contributed by atoms with Gasteiger partial charge in [-0.2, -0.15) is 0 Å². The molecule has 0 saturated carbocycles. The molecule has 4 N–H and O–H groups in total. The monoisotopic (exact) mass is 427 g/mol. The van der Waals surface area contributed by atoms with Crippen LogP contribution in [0.15, 0.2) is 42.5 Å². The molecule has 2 atom stereocenters. The van der Waals surface area contributed by atoms with Crippen LogP contribution in [0.3, 0.4) is 0 Å². The molecule has 0 aliphatic heterocycles. The van der Waals surface area contributed by atoms with Crippen molar-refractivity contribution in [3.05, 3.63) is 42.5 Å². The van der Waals surface area contributed by atoms with E-state index in [1.165, 1.54) is 0 Å². The Morgan fingerprint density at radius 3 is 2.35 bits per heavy atom. The number of fused-ring (bicyclic) bond motifs is 1. The normalized spacial score (nSPS) is 12.9. The molecule has 7 heteroatoms. The number of hydrogen-bond acceptors (Lipinski definition) is 4. The quantitative estimate of drug-likeness (QED) is 0.321. The molecule has 3 amide bonds. The SMILES string of the molecule is CCCCC(CC(=O)NO)C(=O)NC(CC(C)C)C(=O)Nc1ccc2ccccc2c1. The maximum Gasteiger partial charge on any atom is 0.246 e. The molecule has 31 heavy (non-hydrogen) atoms. The third kappa shape index (κ3) is 7.68. The molecule has 0 saturated heterocycles. The van der Waals surface area contributed by atoms with E-state index in [0.717, 1.165) is 23.6 Å². The molecule has 2 rings (SSSR count). The lowest BCUT2D eigenvalue weighted by Gasteiger charge is -2.23. The minimum Gasteiger partial charge on any atom is -0.344 e. The lowest BCUT2D eigenvalue weighted by atomic mass is 9.95. The summed E-state index contributed by atoms with van der Waals surface area (Å²) < 4.78 is 0. The van der Waals surface area contributed by atoms with Gasteiger partial charge in [-0.3, -0.25) is 19.6 Å². The van der Waals surface area contributed by atoms with Crippen LogP contribution < -0.4 is 16.1 Å². The van der Waals surface area contributed by atoms with E-state index in [2.05, 4.69) is 10.6 Å². The van der Waals surface area contributed by atoms with Gasteiger partial charge in [-0.25, -0.2) is 5.48 Å². The Morgan fingerprint density at radius 2 is 1.71 bits per heavy atom. The minimum absolute atomic E-state index is 0.122. The molecule has 0 heterocycles. The Kier molecular flexibility index (Phi) is 9.46. The second-order valence-corrected chi connectivity index (χ2v) is 8.32. The van der Waals surface area contributed by atoms with Crippen LogP contribution in [0.4, 0.5) is 5.69 Å². The first kappa shape index (κ1) is 24.3. The Hall–Kier alpha value is -2.93. The standard InChI is InChI=1S/C24H33N3O4/c1-4-5-8-19(15-22(28)27-31)23(29)26-21(13-16(2)3)24(30)25-20-12-11-17-9-6-7-10-18(17)14-20/h6-7,9-12,14,16,19,21,31H,4-5,8,13,15H2,1-3H3,(H,25,30)(H,26,29)(H,27,28). The van der Waals surface area contributed by atoms with E-state index in [-0.39, 0.29) is 24.2 Å². The molecule has 0 radical (unpaired) electrons. The van der Waals surface area contributed by atoms with Crippen molar-refractivity contribution in [2.24, 2.45) is 11.8 Å². The van der Waals surface area contributed by atoms with Crippen molar-refractivity contribution in [1.29, 1.82) is 0 Å². The zero-order valence-electron chi connectivity index (χ0n) is 18.5. The third-order valence-corrected chi connectivity index (χ3v) is 5.19. The molecule has 7 nitrogen and oxygen atoms in total. The van der Waals surface area contributed by atoms with Crippen molar-refractivity contribution in [3.63, 3.8) is 0 Å². The van der Waals surface area contributed by atoms with Crippen LogP contribution in [-0.2, 0) is 14.4 Å². The van der Waals surface area contributed by atoms with Gasteiger partial charge in [0.1, 0.15) is 6.04 Å². The van der Waals surface area contributed by atoms with E-state index >= 15 is 0 Å². The summed E-state index contributed by atoms with van der Waals surface area (Å²) in [6.45, 7) is 5.96. The largest absolute Gasteiger partial charge is 0.344 e. The van der Waals surface area contributed by atoms with Gasteiger partial charge in [0.2, 0.25) is 17.7 Å². The molecular formula is C24H33N3O4. The first-order valence-corrected chi connectivity index (χ1v) is 10.9. The number of nitrogens with one attached hydrogen (secondary N) is 3. The summed E-state index contributed by atoms with van der Waals surface area (Å²) in [7, 11) is 0. The summed E-state index contributed by atoms with van der Waals surface area (Å²) in [5, 5.41) is 16.7. The summed E-state index contributed by atoms with van der Waals surface area (Å²) in [6, 6.07) is 12.8. The average molecular weight is 428 g/mol. The van der Waals surface area contributed by atoms with E-state index in [0.29, 0.717) is 18.5 Å². The zero-order valence-corrected chi connectivity index (χ0v) is 18.5. The molecule has 2 aromatic rings. The van der Waals surface area contributed by atoms with Crippen molar-refractivity contribution in [2.75, 3.05) is 5.32 Å². The van der Waals surface area contributed by atoms with Crippen LogP contribution in [0.25, 0.3) is 10.8 Å². The lowest BCUT2D eigenvalue weighted by molar-refractivity contribution is -0.136. The summed E-state index contributed by atoms with van der Waals surface area (Å²) >= 11 is 0. The second kappa shape index (κ2) is 12.1. The molecule has 2 aromatic carbocycles. The van der Waals surface area contributed by atoms with Gasteiger partial charge >= 0.3 is 0 Å². The van der Waals surface area contributed by atoms with E-state index in [9.17, 15) is 14.4 Å². The van der Waals surface area contributed by atoms with Crippen molar-refractivity contribution < 1.29 is 19.6 Å². The number of benzene rings is 2. The predicted molar refractivity (Wildman–Crippen MR) is 122 cm³/mol. The minimum atomic E-state index is -0.722. The summed E-state index contributed by atoms with van der Waals surface area (Å²) in [5.74, 6) is -1.68. The highest BCUT2D eigenvalue weighted by Crippen LogP contribution is 2.20. The average Bonchev–Trinajstić information content (AvgIpc) is 2.75. The van der Waals surface area contributed by atoms with Gasteiger partial charge in [0.15, 0.2) is 0 Å². The number of hydrogen-bond donors (Lipinski definition) is 4. The van der Waals surface area contributed by atoms with Gasteiger partial charge in [-0.1, -0.05) is 63.9 Å². The number of carbonyl (C=O) groups is 3. The Bertz CT molecular complexity index is 897. The molecule has 0 fully saturated rings. The lowest BCUT2D eigenvalue weighted by Crippen LogP contribution is -2.47. The van der Waals surface area contributed by atoms with Crippen molar-refractivity contribution in [1.82, 2.24) is 10.8 Å². The van der Waals surface area contributed by atoms with Gasteiger partial charge in [0.05, 0.1) is 0 Å². The molecule has 0 bridgehead atoms. The zero-order chi connectivity index (χ0) is 22.8. The number of hydroxylamine groups is 1. The fraction of sp³-hybridized carbons (Fsp3) is 0.458. The second-order valence-electron chi connectivity index (χ2n) is 8.32. The van der Waals surface area contributed by atoms with Gasteiger partial charge in [-0.05, 0) is 41.7 Å². The van der Waals surface area contributed by atoms with E-state index in [4.69, 9.17) is 5.21 Å². The maximum atomic E-state index is 13.0. The molecule has 0 aliphatic carbocycles. The molecule has 0 aliphatic rings. The number of carbonyl (C=O) groups excluding carboxylic acids is 3. The number of amides is 3. The molecule has 0 spiro atoms. The summed E-state index contributed by atoms with van der Waals surface area (Å²) in [6.07, 6.45) is 2.51. The molecular weight excluding hydrogens is 394 g/mol. The Morgan fingerprint density at radius 1 is 1.00 bits per heavy atom.